The van der Waals surface area contributed by atoms with Crippen LogP contribution in [0, 0.1) is 11.3 Å². The fourth-order valence-electron chi connectivity index (χ4n) is 2.36. The molecule has 0 amide bonds. The number of rotatable bonds is 4. The molecule has 6 nitrogen and oxygen atoms in total. The molecule has 0 spiro atoms. The first-order valence-corrected chi connectivity index (χ1v) is 8.91. The second kappa shape index (κ2) is 7.25. The normalized spacial score (nSPS) is 11.7. The highest BCUT2D eigenvalue weighted by atomic mass is 35.5. The van der Waals surface area contributed by atoms with Gasteiger partial charge in [0, 0.05) is 12.8 Å². The summed E-state index contributed by atoms with van der Waals surface area (Å²) in [6.45, 7) is 0. The molecule has 0 N–H and O–H groups in total. The lowest BCUT2D eigenvalue weighted by atomic mass is 10.2. The first-order chi connectivity index (χ1) is 12.7. The molecule has 0 saturated heterocycles. The summed E-state index contributed by atoms with van der Waals surface area (Å²) in [6.07, 6.45) is -3.94. The Morgan fingerprint density at radius 1 is 1.37 bits per heavy atom. The Morgan fingerprint density at radius 3 is 2.78 bits per heavy atom. The summed E-state index contributed by atoms with van der Waals surface area (Å²) in [7, 11) is 1.63. The third kappa shape index (κ3) is 3.94. The minimum absolute atomic E-state index is 0.0751. The highest BCUT2D eigenvalue weighted by Gasteiger charge is 2.27. The number of alkyl halides is 3. The smallest absolute Gasteiger partial charge is 0.318 e. The van der Waals surface area contributed by atoms with Gasteiger partial charge < -0.3 is 4.57 Å². The Morgan fingerprint density at radius 2 is 2.11 bits per heavy atom. The summed E-state index contributed by atoms with van der Waals surface area (Å²) in [5.41, 5.74) is 0.205. The molecular formula is C16H11ClF3N5OS. The SMILES string of the molecule is Cn1cnc2c(=O)n(-c3ccc(Cl)c(C#N)c3)c(SCCC(F)(F)F)nc21. The van der Waals surface area contributed by atoms with Crippen molar-refractivity contribution >= 4 is 34.5 Å². The minimum Gasteiger partial charge on any atom is -0.318 e. The molecule has 0 aliphatic heterocycles. The molecule has 0 bridgehead atoms. The van der Waals surface area contributed by atoms with Crippen molar-refractivity contribution in [2.24, 2.45) is 7.05 Å². The van der Waals surface area contributed by atoms with Gasteiger partial charge in [0.05, 0.1) is 29.0 Å². The summed E-state index contributed by atoms with van der Waals surface area (Å²) in [5, 5.41) is 9.43. The van der Waals surface area contributed by atoms with Crippen LogP contribution in [0.5, 0.6) is 0 Å². The van der Waals surface area contributed by atoms with Crippen molar-refractivity contribution in [1.82, 2.24) is 19.1 Å². The van der Waals surface area contributed by atoms with E-state index in [2.05, 4.69) is 9.97 Å². The Kier molecular flexibility index (Phi) is 5.17. The van der Waals surface area contributed by atoms with E-state index in [1.165, 1.54) is 29.1 Å². The van der Waals surface area contributed by atoms with Crippen molar-refractivity contribution in [3.63, 3.8) is 0 Å². The zero-order chi connectivity index (χ0) is 19.8. The number of fused-ring (bicyclic) bond motifs is 1. The second-order valence-corrected chi connectivity index (χ2v) is 7.02. The highest BCUT2D eigenvalue weighted by Crippen LogP contribution is 2.27. The standard InChI is InChI=1S/C16H11ClF3N5OS/c1-24-8-22-12-13(24)23-15(27-5-4-16(18,19)20)25(14(12)26)10-2-3-11(17)9(6-10)7-21/h2-3,6,8H,4-5H2,1H3. The first kappa shape index (κ1) is 19.3. The zero-order valence-corrected chi connectivity index (χ0v) is 15.4. The Bertz CT molecular complexity index is 1120. The maximum absolute atomic E-state index is 12.9. The number of nitriles is 1. The van der Waals surface area contributed by atoms with Crippen LogP contribution in [0.15, 0.2) is 34.5 Å². The van der Waals surface area contributed by atoms with Crippen molar-refractivity contribution in [3.05, 3.63) is 45.5 Å². The van der Waals surface area contributed by atoms with E-state index in [1.807, 2.05) is 6.07 Å². The average Bonchev–Trinajstić information content (AvgIpc) is 2.96. The van der Waals surface area contributed by atoms with Gasteiger partial charge in [-0.25, -0.2) is 9.97 Å². The number of nitrogens with zero attached hydrogens (tertiary/aromatic N) is 5. The average molecular weight is 414 g/mol. The fourth-order valence-corrected chi connectivity index (χ4v) is 3.50. The summed E-state index contributed by atoms with van der Waals surface area (Å²) in [5.74, 6) is -0.308. The summed E-state index contributed by atoms with van der Waals surface area (Å²) >= 11 is 6.73. The number of benzene rings is 1. The molecular weight excluding hydrogens is 403 g/mol. The number of thioether (sulfide) groups is 1. The van der Waals surface area contributed by atoms with Gasteiger partial charge in [-0.05, 0) is 18.2 Å². The highest BCUT2D eigenvalue weighted by molar-refractivity contribution is 7.99. The molecule has 0 unspecified atom stereocenters. The Balaban J connectivity index is 2.17. The van der Waals surface area contributed by atoms with Gasteiger partial charge in [-0.15, -0.1) is 0 Å². The maximum Gasteiger partial charge on any atom is 0.389 e. The van der Waals surface area contributed by atoms with Crippen LogP contribution >= 0.6 is 23.4 Å². The van der Waals surface area contributed by atoms with Crippen molar-refractivity contribution in [3.8, 4) is 11.8 Å². The van der Waals surface area contributed by atoms with Crippen molar-refractivity contribution in [1.29, 1.82) is 5.26 Å². The van der Waals surface area contributed by atoms with Crippen LogP contribution in [0.1, 0.15) is 12.0 Å². The molecule has 0 aliphatic rings. The number of halogens is 4. The number of aryl methyl sites for hydroxylation is 1. The molecule has 3 rings (SSSR count). The topological polar surface area (TPSA) is 76.5 Å². The van der Waals surface area contributed by atoms with E-state index in [4.69, 9.17) is 16.9 Å². The third-order valence-corrected chi connectivity index (χ3v) is 4.92. The Hall–Kier alpha value is -2.51. The third-order valence-electron chi connectivity index (χ3n) is 3.65. The van der Waals surface area contributed by atoms with E-state index < -0.39 is 18.2 Å². The predicted molar refractivity (Wildman–Crippen MR) is 95.2 cm³/mol. The molecule has 2 heterocycles. The lowest BCUT2D eigenvalue weighted by Gasteiger charge is -2.13. The lowest BCUT2D eigenvalue weighted by molar-refractivity contribution is -0.129. The molecule has 2 aromatic heterocycles. The summed E-state index contributed by atoms with van der Waals surface area (Å²) in [6, 6.07) is 6.22. The van der Waals surface area contributed by atoms with Crippen LogP contribution in [0.2, 0.25) is 5.02 Å². The van der Waals surface area contributed by atoms with Crippen LogP contribution in [0.25, 0.3) is 16.9 Å². The Labute approximate surface area is 160 Å². The van der Waals surface area contributed by atoms with Gasteiger partial charge in [0.15, 0.2) is 16.3 Å². The van der Waals surface area contributed by atoms with Crippen molar-refractivity contribution in [2.75, 3.05) is 5.75 Å². The fraction of sp³-hybridized carbons (Fsp3) is 0.250. The quantitative estimate of drug-likeness (QED) is 0.481. The van der Waals surface area contributed by atoms with E-state index in [0.29, 0.717) is 0 Å². The summed E-state index contributed by atoms with van der Waals surface area (Å²) < 4.78 is 40.2. The molecule has 0 fully saturated rings. The van der Waals surface area contributed by atoms with Gasteiger partial charge in [-0.2, -0.15) is 18.4 Å². The van der Waals surface area contributed by atoms with Crippen LogP contribution in [-0.2, 0) is 7.05 Å². The van der Waals surface area contributed by atoms with Gasteiger partial charge in [0.25, 0.3) is 5.56 Å². The lowest BCUT2D eigenvalue weighted by Crippen LogP contribution is -2.22. The van der Waals surface area contributed by atoms with Crippen LogP contribution in [0.3, 0.4) is 0 Å². The number of hydrogen-bond acceptors (Lipinski definition) is 5. The van der Waals surface area contributed by atoms with E-state index in [1.54, 1.807) is 7.05 Å². The van der Waals surface area contributed by atoms with Gasteiger partial charge in [0.2, 0.25) is 0 Å². The molecule has 140 valence electrons. The molecule has 0 radical (unpaired) electrons. The zero-order valence-electron chi connectivity index (χ0n) is 13.8. The molecule has 1 aromatic carbocycles. The van der Waals surface area contributed by atoms with E-state index in [9.17, 15) is 18.0 Å². The molecule has 3 aromatic rings. The van der Waals surface area contributed by atoms with Crippen molar-refractivity contribution < 1.29 is 13.2 Å². The van der Waals surface area contributed by atoms with Crippen molar-refractivity contribution in [2.45, 2.75) is 17.8 Å². The van der Waals surface area contributed by atoms with Crippen LogP contribution < -0.4 is 5.56 Å². The van der Waals surface area contributed by atoms with Gasteiger partial charge >= 0.3 is 6.18 Å². The van der Waals surface area contributed by atoms with Crippen LogP contribution in [-0.4, -0.2) is 31.0 Å². The van der Waals surface area contributed by atoms with Gasteiger partial charge in [0.1, 0.15) is 6.07 Å². The van der Waals surface area contributed by atoms with E-state index in [-0.39, 0.29) is 38.3 Å². The van der Waals surface area contributed by atoms with E-state index in [0.717, 1.165) is 16.3 Å². The number of hydrogen-bond donors (Lipinski definition) is 0. The first-order valence-electron chi connectivity index (χ1n) is 7.55. The van der Waals surface area contributed by atoms with E-state index >= 15 is 0 Å². The maximum atomic E-state index is 12.9. The molecule has 11 heteroatoms. The minimum atomic E-state index is -4.32. The van der Waals surface area contributed by atoms with Gasteiger partial charge in [-0.3, -0.25) is 9.36 Å². The molecule has 0 aliphatic carbocycles. The molecule has 27 heavy (non-hydrogen) atoms. The predicted octanol–water partition coefficient (Wildman–Crippen LogP) is 3.69. The van der Waals surface area contributed by atoms with Gasteiger partial charge in [-0.1, -0.05) is 23.4 Å². The largest absolute Gasteiger partial charge is 0.389 e. The second-order valence-electron chi connectivity index (χ2n) is 5.55. The molecule has 0 saturated carbocycles. The van der Waals surface area contributed by atoms with Crippen LogP contribution in [0.4, 0.5) is 13.2 Å². The monoisotopic (exact) mass is 413 g/mol. The summed E-state index contributed by atoms with van der Waals surface area (Å²) in [4.78, 5) is 21.2. The number of aromatic nitrogens is 4. The number of imidazole rings is 1. The molecule has 0 atom stereocenters.